The Morgan fingerprint density at radius 3 is 1.82 bits per heavy atom. The van der Waals surface area contributed by atoms with E-state index in [-0.39, 0.29) is 5.41 Å². The van der Waals surface area contributed by atoms with Crippen LogP contribution in [0.4, 0.5) is 0 Å². The number of para-hydroxylation sites is 1. The highest BCUT2D eigenvalue weighted by Gasteiger charge is 2.37. The first-order valence-corrected chi connectivity index (χ1v) is 20.6. The van der Waals surface area contributed by atoms with Gasteiger partial charge in [-0.3, -0.25) is 0 Å². The largest absolute Gasteiger partial charge is 0.456 e. The highest BCUT2D eigenvalue weighted by Crippen LogP contribution is 2.53. The predicted octanol–water partition coefficient (Wildman–Crippen LogP) is 15.3. The van der Waals surface area contributed by atoms with Gasteiger partial charge in [-0.15, -0.1) is 0 Å². The molecular formula is C57H38N2O. The molecule has 3 heteroatoms. The monoisotopic (exact) mass is 766 g/mol. The number of benzene rings is 9. The molecule has 0 amide bonds. The van der Waals surface area contributed by atoms with Crippen molar-refractivity contribution in [1.82, 2.24) is 9.97 Å². The number of rotatable bonds is 5. The number of furan rings is 1. The average molecular weight is 767 g/mol. The second-order valence-electron chi connectivity index (χ2n) is 16.5. The standard InChI is InChI=1S/C57H38N2O/c1-57(2)49-24-13-23-46(55(49)48-32-37-16-6-7-17-38(37)33-50(48)57)52-34-51(58-56(59-52)35-14-4-3-5-15-35)44-28-27-41(42-20-8-9-21-43(42)44)40-19-12-18-36(30-40)39-26-29-54-47(31-39)45-22-10-11-25-53(45)60-54/h3-34H,1-2H3. The topological polar surface area (TPSA) is 38.9 Å². The molecule has 1 aliphatic carbocycles. The number of hydrogen-bond donors (Lipinski definition) is 0. The summed E-state index contributed by atoms with van der Waals surface area (Å²) in [5, 5.41) is 7.09. The smallest absolute Gasteiger partial charge is 0.160 e. The van der Waals surface area contributed by atoms with Gasteiger partial charge in [-0.1, -0.05) is 166 Å². The van der Waals surface area contributed by atoms with Gasteiger partial charge in [-0.25, -0.2) is 9.97 Å². The summed E-state index contributed by atoms with van der Waals surface area (Å²) in [6, 6.07) is 69.6. The van der Waals surface area contributed by atoms with E-state index in [4.69, 9.17) is 14.4 Å². The maximum Gasteiger partial charge on any atom is 0.160 e. The molecule has 11 aromatic rings. The summed E-state index contributed by atoms with van der Waals surface area (Å²) in [5.41, 5.74) is 16.5. The van der Waals surface area contributed by atoms with Gasteiger partial charge in [-0.2, -0.15) is 0 Å². The summed E-state index contributed by atoms with van der Waals surface area (Å²) in [4.78, 5) is 10.7. The van der Waals surface area contributed by atoms with E-state index < -0.39 is 0 Å². The molecule has 0 aliphatic heterocycles. The molecule has 0 saturated carbocycles. The lowest BCUT2D eigenvalue weighted by atomic mass is 9.81. The molecule has 3 nitrogen and oxygen atoms in total. The van der Waals surface area contributed by atoms with Crippen LogP contribution >= 0.6 is 0 Å². The molecular weight excluding hydrogens is 729 g/mol. The second kappa shape index (κ2) is 13.2. The van der Waals surface area contributed by atoms with Crippen molar-refractivity contribution in [2.24, 2.45) is 0 Å². The van der Waals surface area contributed by atoms with Gasteiger partial charge in [-0.05, 0) is 109 Å². The fraction of sp³-hybridized carbons (Fsp3) is 0.0526. The minimum absolute atomic E-state index is 0.160. The van der Waals surface area contributed by atoms with Crippen LogP contribution < -0.4 is 0 Å². The van der Waals surface area contributed by atoms with E-state index in [0.29, 0.717) is 5.82 Å². The van der Waals surface area contributed by atoms with E-state index in [0.717, 1.165) is 72.1 Å². The molecule has 0 atom stereocenters. The van der Waals surface area contributed by atoms with Gasteiger partial charge in [0.25, 0.3) is 0 Å². The lowest BCUT2D eigenvalue weighted by molar-refractivity contribution is 0.661. The first kappa shape index (κ1) is 34.4. The Balaban J connectivity index is 1.02. The normalized spacial score (nSPS) is 13.0. The van der Waals surface area contributed by atoms with Gasteiger partial charge >= 0.3 is 0 Å². The van der Waals surface area contributed by atoms with Crippen molar-refractivity contribution >= 4 is 43.5 Å². The lowest BCUT2D eigenvalue weighted by Gasteiger charge is -2.22. The van der Waals surface area contributed by atoms with Gasteiger partial charge in [0.1, 0.15) is 11.2 Å². The minimum atomic E-state index is -0.160. The van der Waals surface area contributed by atoms with Crippen molar-refractivity contribution in [1.29, 1.82) is 0 Å². The Hall–Kier alpha value is -7.62. The van der Waals surface area contributed by atoms with Gasteiger partial charge in [0.05, 0.1) is 11.4 Å². The zero-order valence-electron chi connectivity index (χ0n) is 33.3. The van der Waals surface area contributed by atoms with Gasteiger partial charge < -0.3 is 4.42 Å². The predicted molar refractivity (Wildman–Crippen MR) is 249 cm³/mol. The SMILES string of the molecule is CC1(C)c2cc3ccccc3cc2-c2c(-c3cc(-c4ccc(-c5cccc(-c6ccc7oc8ccccc8c7c6)c5)c5ccccc45)nc(-c4ccccc4)n3)cccc21. The Morgan fingerprint density at radius 2 is 0.983 bits per heavy atom. The van der Waals surface area contributed by atoms with Crippen LogP contribution in [0.5, 0.6) is 0 Å². The molecule has 12 rings (SSSR count). The molecule has 9 aromatic carbocycles. The third-order valence-electron chi connectivity index (χ3n) is 12.7. The van der Waals surface area contributed by atoms with Gasteiger partial charge in [0, 0.05) is 32.9 Å². The van der Waals surface area contributed by atoms with Crippen molar-refractivity contribution in [2.45, 2.75) is 19.3 Å². The lowest BCUT2D eigenvalue weighted by Crippen LogP contribution is -2.14. The van der Waals surface area contributed by atoms with Gasteiger partial charge in [0.2, 0.25) is 0 Å². The van der Waals surface area contributed by atoms with E-state index >= 15 is 0 Å². The second-order valence-corrected chi connectivity index (χ2v) is 16.5. The number of nitrogens with zero attached hydrogens (tertiary/aromatic N) is 2. The van der Waals surface area contributed by atoms with E-state index in [2.05, 4.69) is 190 Å². The third-order valence-corrected chi connectivity index (χ3v) is 12.7. The van der Waals surface area contributed by atoms with Crippen LogP contribution in [0.3, 0.4) is 0 Å². The maximum absolute atomic E-state index is 6.14. The van der Waals surface area contributed by atoms with Crippen LogP contribution in [0, 0.1) is 0 Å². The van der Waals surface area contributed by atoms with Crippen molar-refractivity contribution in [3.63, 3.8) is 0 Å². The molecule has 0 spiro atoms. The summed E-state index contributed by atoms with van der Waals surface area (Å²) in [7, 11) is 0. The Labute approximate surface area is 348 Å². The van der Waals surface area contributed by atoms with Crippen LogP contribution in [-0.4, -0.2) is 9.97 Å². The zero-order valence-corrected chi connectivity index (χ0v) is 33.3. The number of fused-ring (bicyclic) bond motifs is 8. The number of hydrogen-bond acceptors (Lipinski definition) is 3. The Morgan fingerprint density at radius 1 is 0.367 bits per heavy atom. The first-order valence-electron chi connectivity index (χ1n) is 20.6. The Kier molecular flexibility index (Phi) is 7.58. The molecule has 0 saturated heterocycles. The van der Waals surface area contributed by atoms with E-state index in [1.54, 1.807) is 0 Å². The quantitative estimate of drug-likeness (QED) is 0.175. The molecule has 1 aliphatic rings. The third kappa shape index (κ3) is 5.36. The molecule has 0 radical (unpaired) electrons. The van der Waals surface area contributed by atoms with E-state index in [9.17, 15) is 0 Å². The van der Waals surface area contributed by atoms with Crippen LogP contribution in [0.2, 0.25) is 0 Å². The summed E-state index contributed by atoms with van der Waals surface area (Å²) < 4.78 is 6.14. The fourth-order valence-electron chi connectivity index (χ4n) is 9.67. The van der Waals surface area contributed by atoms with Crippen LogP contribution in [0.1, 0.15) is 25.0 Å². The molecule has 0 fully saturated rings. The van der Waals surface area contributed by atoms with Crippen molar-refractivity contribution in [2.75, 3.05) is 0 Å². The van der Waals surface area contributed by atoms with Crippen LogP contribution in [-0.2, 0) is 5.41 Å². The minimum Gasteiger partial charge on any atom is -0.456 e. The molecule has 0 unspecified atom stereocenters. The molecule has 60 heavy (non-hydrogen) atoms. The Bertz CT molecular complexity index is 3520. The fourth-order valence-corrected chi connectivity index (χ4v) is 9.67. The van der Waals surface area contributed by atoms with E-state index in [1.165, 1.54) is 44.0 Å². The average Bonchev–Trinajstić information content (AvgIpc) is 3.79. The molecule has 2 aromatic heterocycles. The van der Waals surface area contributed by atoms with Gasteiger partial charge in [0.15, 0.2) is 5.82 Å². The van der Waals surface area contributed by atoms with Crippen molar-refractivity contribution in [3.05, 3.63) is 205 Å². The summed E-state index contributed by atoms with van der Waals surface area (Å²) in [5.74, 6) is 0.708. The summed E-state index contributed by atoms with van der Waals surface area (Å²) >= 11 is 0. The zero-order chi connectivity index (χ0) is 40.0. The maximum atomic E-state index is 6.14. The summed E-state index contributed by atoms with van der Waals surface area (Å²) in [6.45, 7) is 4.69. The van der Waals surface area contributed by atoms with Crippen LogP contribution in [0.25, 0.3) is 111 Å². The first-order chi connectivity index (χ1) is 29.5. The van der Waals surface area contributed by atoms with Crippen molar-refractivity contribution in [3.8, 4) is 67.3 Å². The molecule has 0 bridgehead atoms. The summed E-state index contributed by atoms with van der Waals surface area (Å²) in [6.07, 6.45) is 0. The molecule has 2 heterocycles. The van der Waals surface area contributed by atoms with Crippen LogP contribution in [0.15, 0.2) is 199 Å². The number of aromatic nitrogens is 2. The highest BCUT2D eigenvalue weighted by atomic mass is 16.3. The molecule has 282 valence electrons. The van der Waals surface area contributed by atoms with Crippen molar-refractivity contribution < 1.29 is 4.42 Å². The molecule has 0 N–H and O–H groups in total. The highest BCUT2D eigenvalue weighted by molar-refractivity contribution is 6.08. The van der Waals surface area contributed by atoms with E-state index in [1.807, 2.05) is 18.2 Å².